The van der Waals surface area contributed by atoms with Crippen LogP contribution in [0.2, 0.25) is 0 Å². The molecule has 6 aromatic rings. The van der Waals surface area contributed by atoms with Gasteiger partial charge in [-0.15, -0.1) is 45.3 Å². The van der Waals surface area contributed by atoms with Crippen LogP contribution < -0.4 is 28.4 Å². The smallest absolute Gasteiger partial charge is 0.348 e. The fourth-order valence-corrected chi connectivity index (χ4v) is 19.6. The maximum absolute atomic E-state index is 14.1. The molecule has 10 nitrogen and oxygen atoms in total. The number of ether oxygens (including phenoxy) is 8. The van der Waals surface area contributed by atoms with Crippen LogP contribution in [0.1, 0.15) is 457 Å². The zero-order valence-corrected chi connectivity index (χ0v) is 79.0. The Kier molecular flexibility index (Phi) is 59.9. The van der Waals surface area contributed by atoms with E-state index in [1.54, 1.807) is 22.7 Å². The average Bonchev–Trinajstić information content (AvgIpc) is 1.51. The summed E-state index contributed by atoms with van der Waals surface area (Å²) in [7, 11) is 0. The van der Waals surface area contributed by atoms with Crippen molar-refractivity contribution in [1.82, 2.24) is 0 Å². The van der Waals surface area contributed by atoms with Crippen LogP contribution in [0.4, 0.5) is 0 Å². The maximum atomic E-state index is 14.1. The number of benzene rings is 2. The van der Waals surface area contributed by atoms with Gasteiger partial charge in [-0.05, 0) is 122 Å². The van der Waals surface area contributed by atoms with Gasteiger partial charge in [0.1, 0.15) is 23.0 Å². The van der Waals surface area contributed by atoms with Crippen molar-refractivity contribution in [2.24, 2.45) is 0 Å². The van der Waals surface area contributed by atoms with Crippen molar-refractivity contribution < 1.29 is 47.5 Å². The van der Waals surface area contributed by atoms with Crippen LogP contribution in [0.25, 0.3) is 29.3 Å². The summed E-state index contributed by atoms with van der Waals surface area (Å²) in [5.41, 5.74) is 1.65. The molecule has 0 aliphatic rings. The Hall–Kier alpha value is -5.02. The number of esters is 2. The van der Waals surface area contributed by atoms with Crippen LogP contribution in [0.15, 0.2) is 72.8 Å². The van der Waals surface area contributed by atoms with E-state index in [9.17, 15) is 9.59 Å². The second-order valence-corrected chi connectivity index (χ2v) is 38.2. The highest BCUT2D eigenvalue weighted by molar-refractivity contribution is 7.29. The van der Waals surface area contributed by atoms with E-state index in [0.717, 1.165) is 117 Å². The van der Waals surface area contributed by atoms with E-state index in [1.165, 1.54) is 331 Å². The Labute approximate surface area is 736 Å². The summed E-state index contributed by atoms with van der Waals surface area (Å²) >= 11 is 6.35. The largest absolute Gasteiger partial charge is 0.490 e. The van der Waals surface area contributed by atoms with Gasteiger partial charge in [-0.25, -0.2) is 9.59 Å². The second kappa shape index (κ2) is 69.4. The highest BCUT2D eigenvalue weighted by atomic mass is 32.1. The molecular weight excluding hydrogens is 1540 g/mol. The fourth-order valence-electron chi connectivity index (χ4n) is 15.6. The summed E-state index contributed by atoms with van der Waals surface area (Å²) < 4.78 is 52.5. The average molecular weight is 1700 g/mol. The quantitative estimate of drug-likeness (QED) is 0.0271. The monoisotopic (exact) mass is 1700 g/mol. The minimum absolute atomic E-state index is 0.0846. The van der Waals surface area contributed by atoms with Gasteiger partial charge < -0.3 is 37.9 Å². The molecule has 0 N–H and O–H groups in total. The maximum Gasteiger partial charge on any atom is 0.348 e. The van der Waals surface area contributed by atoms with Gasteiger partial charge in [0.05, 0.1) is 39.6 Å². The van der Waals surface area contributed by atoms with Gasteiger partial charge in [-0.1, -0.05) is 388 Å². The van der Waals surface area contributed by atoms with Crippen molar-refractivity contribution in [2.45, 2.75) is 440 Å². The van der Waals surface area contributed by atoms with E-state index in [-0.39, 0.29) is 25.2 Å². The van der Waals surface area contributed by atoms with Crippen LogP contribution in [0.5, 0.6) is 34.5 Å². The lowest BCUT2D eigenvalue weighted by Gasteiger charge is -2.19. The summed E-state index contributed by atoms with van der Waals surface area (Å²) in [6, 6.07) is 24.6. The molecule has 0 unspecified atom stereocenters. The van der Waals surface area contributed by atoms with E-state index in [2.05, 4.69) is 65.8 Å². The lowest BCUT2D eigenvalue weighted by atomic mass is 10.1. The summed E-state index contributed by atoms with van der Waals surface area (Å²) in [4.78, 5) is 35.8. The summed E-state index contributed by atoms with van der Waals surface area (Å²) in [6.07, 6.45) is 75.7. The first-order valence-corrected chi connectivity index (χ1v) is 52.4. The second-order valence-electron chi connectivity index (χ2n) is 33.8. The molecule has 4 heterocycles. The first kappa shape index (κ1) is 102. The molecule has 0 fully saturated rings. The lowest BCUT2D eigenvalue weighted by molar-refractivity contribution is 0.0469. The minimum atomic E-state index is -0.353. The molecule has 0 spiro atoms. The minimum Gasteiger partial charge on any atom is -0.490 e. The molecule has 6 rings (SSSR count). The van der Waals surface area contributed by atoms with Crippen molar-refractivity contribution in [1.29, 1.82) is 0 Å². The van der Waals surface area contributed by atoms with Gasteiger partial charge in [0, 0.05) is 29.3 Å². The van der Waals surface area contributed by atoms with Gasteiger partial charge >= 0.3 is 11.9 Å². The summed E-state index contributed by atoms with van der Waals surface area (Å²) in [5.74, 6) is 3.36. The van der Waals surface area contributed by atoms with Crippen LogP contribution in [-0.2, 0) is 22.7 Å². The molecule has 0 amide bonds. The predicted octanol–water partition coefficient (Wildman–Crippen LogP) is 35.4. The molecule has 4 aromatic heterocycles. The fraction of sp³-hybridized carbons (Fsp3) is 0.712. The van der Waals surface area contributed by atoms with E-state index in [4.69, 9.17) is 37.9 Å². The Morgan fingerprint density at radius 3 is 0.585 bits per heavy atom. The van der Waals surface area contributed by atoms with E-state index in [1.807, 2.05) is 48.5 Å². The predicted molar refractivity (Wildman–Crippen MR) is 509 cm³/mol. The van der Waals surface area contributed by atoms with Crippen LogP contribution in [0, 0.1) is 0 Å². The molecule has 0 aliphatic carbocycles. The van der Waals surface area contributed by atoms with Gasteiger partial charge in [-0.2, -0.15) is 0 Å². The van der Waals surface area contributed by atoms with Crippen molar-refractivity contribution in [3.8, 4) is 63.8 Å². The summed E-state index contributed by atoms with van der Waals surface area (Å²) in [6.45, 7) is 17.5. The van der Waals surface area contributed by atoms with E-state index >= 15 is 0 Å². The number of carbonyl (C=O) groups excluding carboxylic acids is 2. The molecule has 2 aromatic carbocycles. The summed E-state index contributed by atoms with van der Waals surface area (Å²) in [5, 5.41) is 0. The number of hydrogen-bond acceptors (Lipinski definition) is 14. The molecule has 666 valence electrons. The number of unbranched alkanes of at least 4 members (excludes halogenated alkanes) is 54. The number of rotatable bonds is 81. The molecule has 0 saturated heterocycles. The highest BCUT2D eigenvalue weighted by Gasteiger charge is 2.23. The molecule has 0 radical (unpaired) electrons. The first-order chi connectivity index (χ1) is 58.3. The standard InChI is InChI=1S/C104H166O10S4/c1-7-13-19-25-31-37-43-49-55-61-75-107-89-81-87(82-90(108-76-62-56-50-44-38-32-26-20-14-8-2)101(89)111-79-65-59-53-47-41-35-29-23-17-11-5)85-113-103(105)99-73-71-97(117-99)95-69-67-93(115-95)94-68-70-96(116-94)98-72-74-100(118-98)104(106)114-86-88-83-91(109-77-63-57-51-45-39-33-27-21-15-9-3)102(112-80-66-60-54-48-42-36-30-24-18-12-6)92(84-88)110-78-64-58-52-46-40-34-28-22-16-10-4/h67-74,81-84H,7-66,75-80,85-86H2,1-6H3. The normalized spacial score (nSPS) is 11.5. The molecule has 0 atom stereocenters. The van der Waals surface area contributed by atoms with E-state index < -0.39 is 0 Å². The Morgan fingerprint density at radius 1 is 0.212 bits per heavy atom. The Balaban J connectivity index is 1.09. The third-order valence-electron chi connectivity index (χ3n) is 23.0. The lowest BCUT2D eigenvalue weighted by Crippen LogP contribution is -2.08. The third kappa shape index (κ3) is 45.9. The van der Waals surface area contributed by atoms with Crippen LogP contribution >= 0.6 is 45.3 Å². The van der Waals surface area contributed by atoms with Gasteiger partial charge in [0.25, 0.3) is 0 Å². The van der Waals surface area contributed by atoms with Gasteiger partial charge in [0.2, 0.25) is 11.5 Å². The molecule has 14 heteroatoms. The zero-order chi connectivity index (χ0) is 83.4. The molecular formula is C104H166O10S4. The number of carbonyl (C=O) groups is 2. The Morgan fingerprint density at radius 2 is 0.381 bits per heavy atom. The zero-order valence-electron chi connectivity index (χ0n) is 75.7. The van der Waals surface area contributed by atoms with Crippen LogP contribution in [-0.4, -0.2) is 51.6 Å². The van der Waals surface area contributed by atoms with Crippen molar-refractivity contribution >= 4 is 57.3 Å². The molecule has 0 aliphatic heterocycles. The molecule has 0 saturated carbocycles. The van der Waals surface area contributed by atoms with Crippen molar-refractivity contribution in [3.63, 3.8) is 0 Å². The van der Waals surface area contributed by atoms with Crippen molar-refractivity contribution in [3.05, 3.63) is 93.7 Å². The van der Waals surface area contributed by atoms with Crippen LogP contribution in [0.3, 0.4) is 0 Å². The molecule has 118 heavy (non-hydrogen) atoms. The molecule has 0 bridgehead atoms. The Bertz CT molecular complexity index is 3080. The van der Waals surface area contributed by atoms with Gasteiger partial charge in [-0.3, -0.25) is 0 Å². The van der Waals surface area contributed by atoms with E-state index in [0.29, 0.717) is 83.9 Å². The van der Waals surface area contributed by atoms with Gasteiger partial charge in [0.15, 0.2) is 23.0 Å². The highest BCUT2D eigenvalue weighted by Crippen LogP contribution is 2.45. The topological polar surface area (TPSA) is 108 Å². The number of hydrogen-bond donors (Lipinski definition) is 0. The first-order valence-electron chi connectivity index (χ1n) is 49.1. The third-order valence-corrected chi connectivity index (χ3v) is 27.9. The number of thiophene rings is 4. The van der Waals surface area contributed by atoms with Crippen molar-refractivity contribution in [2.75, 3.05) is 39.6 Å². The SMILES string of the molecule is CCCCCCCCCCCCOc1cc(COC(=O)c2ccc(-c3ccc(-c4ccc(-c5ccc(C(=O)OCc6cc(OCCCCCCCCCCCC)c(OCCCCCCCCCCCC)c(OCCCCCCCCCCCC)c6)s5)s4)s3)s2)cc(OCCCCCCCCCCCC)c1OCCCCCCCCCCCC.